The molecule has 1 heterocycles. The third-order valence-corrected chi connectivity index (χ3v) is 6.60. The average molecular weight is 400 g/mol. The van der Waals surface area contributed by atoms with Gasteiger partial charge in [-0.15, -0.1) is 0 Å². The molecule has 0 aliphatic carbocycles. The summed E-state index contributed by atoms with van der Waals surface area (Å²) in [6.07, 6.45) is 3.13. The van der Waals surface area contributed by atoms with Crippen LogP contribution in [-0.2, 0) is 9.84 Å². The fourth-order valence-corrected chi connectivity index (χ4v) is 4.50. The number of rotatable bonds is 5. The zero-order valence-corrected chi connectivity index (χ0v) is 17.0. The SMILES string of the molecule is C=C(C)/C=C\C(=C)S(=O)(=O)c1ccc(-n2c3ccccc3c3ccccc32)cc1. The van der Waals surface area contributed by atoms with Gasteiger partial charge in [0, 0.05) is 16.5 Å². The Kier molecular flexibility index (Phi) is 4.73. The zero-order chi connectivity index (χ0) is 20.6. The minimum atomic E-state index is -3.64. The van der Waals surface area contributed by atoms with Crippen molar-refractivity contribution in [2.45, 2.75) is 11.8 Å². The Labute approximate surface area is 170 Å². The van der Waals surface area contributed by atoms with E-state index in [1.165, 1.54) is 6.08 Å². The summed E-state index contributed by atoms with van der Waals surface area (Å²) in [6, 6.07) is 23.4. The monoisotopic (exact) mass is 399 g/mol. The molecule has 0 unspecified atom stereocenters. The van der Waals surface area contributed by atoms with Crippen LogP contribution in [0.2, 0.25) is 0 Å². The number of sulfone groups is 1. The third-order valence-electron chi connectivity index (χ3n) is 4.88. The van der Waals surface area contributed by atoms with Crippen molar-refractivity contribution in [3.05, 3.63) is 109 Å². The van der Waals surface area contributed by atoms with Gasteiger partial charge in [0.05, 0.1) is 20.8 Å². The van der Waals surface area contributed by atoms with Gasteiger partial charge in [0.2, 0.25) is 9.84 Å². The van der Waals surface area contributed by atoms with E-state index in [-0.39, 0.29) is 9.80 Å². The summed E-state index contributed by atoms with van der Waals surface area (Å²) in [4.78, 5) is 0.267. The number of fused-ring (bicyclic) bond motifs is 3. The van der Waals surface area contributed by atoms with Crippen molar-refractivity contribution < 1.29 is 8.42 Å². The van der Waals surface area contributed by atoms with E-state index < -0.39 is 9.84 Å². The molecule has 3 aromatic carbocycles. The highest BCUT2D eigenvalue weighted by molar-refractivity contribution is 7.95. The van der Waals surface area contributed by atoms with Gasteiger partial charge in [0.1, 0.15) is 0 Å². The molecule has 0 N–H and O–H groups in total. The van der Waals surface area contributed by atoms with Crippen molar-refractivity contribution in [2.24, 2.45) is 0 Å². The number of aromatic nitrogens is 1. The summed E-state index contributed by atoms with van der Waals surface area (Å²) in [5.41, 5.74) is 3.84. The summed E-state index contributed by atoms with van der Waals surface area (Å²) < 4.78 is 27.7. The van der Waals surface area contributed by atoms with Gasteiger partial charge in [-0.3, -0.25) is 0 Å². The quantitative estimate of drug-likeness (QED) is 0.375. The molecule has 29 heavy (non-hydrogen) atoms. The van der Waals surface area contributed by atoms with Gasteiger partial charge < -0.3 is 4.57 Å². The van der Waals surface area contributed by atoms with Crippen molar-refractivity contribution in [3.63, 3.8) is 0 Å². The maximum atomic E-state index is 12.8. The molecule has 3 nitrogen and oxygen atoms in total. The van der Waals surface area contributed by atoms with Crippen LogP contribution in [0.25, 0.3) is 27.5 Å². The number of benzene rings is 3. The van der Waals surface area contributed by atoms with Crippen LogP contribution in [0.3, 0.4) is 0 Å². The van der Waals surface area contributed by atoms with Crippen LogP contribution in [0.1, 0.15) is 6.92 Å². The Bertz CT molecular complexity index is 1330. The molecule has 0 spiro atoms. The van der Waals surface area contributed by atoms with Gasteiger partial charge in [0.25, 0.3) is 0 Å². The van der Waals surface area contributed by atoms with Gasteiger partial charge in [-0.1, -0.05) is 61.2 Å². The highest BCUT2D eigenvalue weighted by Crippen LogP contribution is 2.32. The van der Waals surface area contributed by atoms with E-state index in [1.807, 2.05) is 36.4 Å². The van der Waals surface area contributed by atoms with Crippen LogP contribution in [-0.4, -0.2) is 13.0 Å². The molecule has 0 fully saturated rings. The summed E-state index contributed by atoms with van der Waals surface area (Å²) in [5.74, 6) is 0. The molecule has 4 heteroatoms. The lowest BCUT2D eigenvalue weighted by molar-refractivity contribution is 0.603. The lowest BCUT2D eigenvalue weighted by atomic mass is 10.2. The molecule has 0 atom stereocenters. The normalized spacial score (nSPS) is 12.0. The van der Waals surface area contributed by atoms with Gasteiger partial charge in [0.15, 0.2) is 0 Å². The van der Waals surface area contributed by atoms with Crippen LogP contribution in [0.15, 0.2) is 113 Å². The van der Waals surface area contributed by atoms with Crippen molar-refractivity contribution in [3.8, 4) is 5.69 Å². The molecule has 0 amide bonds. The average Bonchev–Trinajstić information content (AvgIpc) is 3.06. The van der Waals surface area contributed by atoms with Crippen LogP contribution in [0.5, 0.6) is 0 Å². The molecule has 144 valence electrons. The second kappa shape index (κ2) is 7.22. The largest absolute Gasteiger partial charge is 0.309 e. The van der Waals surface area contributed by atoms with E-state index in [4.69, 9.17) is 0 Å². The number of allylic oxidation sites excluding steroid dienone is 3. The first-order chi connectivity index (χ1) is 13.9. The maximum Gasteiger partial charge on any atom is 0.206 e. The Morgan fingerprint density at radius 3 is 1.83 bits per heavy atom. The van der Waals surface area contributed by atoms with Gasteiger partial charge in [-0.25, -0.2) is 8.42 Å². The fourth-order valence-electron chi connectivity index (χ4n) is 3.45. The topological polar surface area (TPSA) is 39.1 Å². The van der Waals surface area contributed by atoms with Gasteiger partial charge in [-0.2, -0.15) is 0 Å². The molecule has 0 saturated heterocycles. The Balaban J connectivity index is 1.81. The molecule has 0 aliphatic heterocycles. The van der Waals surface area contributed by atoms with E-state index in [9.17, 15) is 8.42 Å². The molecule has 0 radical (unpaired) electrons. The summed E-state index contributed by atoms with van der Waals surface area (Å²) in [5, 5.41) is 2.33. The summed E-state index contributed by atoms with van der Waals surface area (Å²) in [7, 11) is -3.64. The lowest BCUT2D eigenvalue weighted by Gasteiger charge is -2.10. The van der Waals surface area contributed by atoms with Crippen molar-refractivity contribution in [1.29, 1.82) is 0 Å². The number of nitrogens with zero attached hydrogens (tertiary/aromatic N) is 1. The highest BCUT2D eigenvalue weighted by Gasteiger charge is 2.18. The van der Waals surface area contributed by atoms with E-state index in [0.717, 1.165) is 33.1 Å². The molecule has 1 aromatic heterocycles. The van der Waals surface area contributed by atoms with E-state index in [2.05, 4.69) is 42.0 Å². The number of hydrogen-bond acceptors (Lipinski definition) is 2. The predicted octanol–water partition coefficient (Wildman–Crippen LogP) is 6.20. The van der Waals surface area contributed by atoms with E-state index in [1.54, 1.807) is 25.1 Å². The zero-order valence-electron chi connectivity index (χ0n) is 16.2. The molecule has 0 aliphatic rings. The third kappa shape index (κ3) is 3.32. The first kappa shape index (κ1) is 19.0. The Morgan fingerprint density at radius 1 is 0.793 bits per heavy atom. The van der Waals surface area contributed by atoms with Gasteiger partial charge in [-0.05, 0) is 49.4 Å². The fraction of sp³-hybridized carbons (Fsp3) is 0.0400. The number of para-hydroxylation sites is 2. The predicted molar refractivity (Wildman–Crippen MR) is 121 cm³/mol. The molecular formula is C25H21NO2S. The Morgan fingerprint density at radius 2 is 1.31 bits per heavy atom. The Hall–Kier alpha value is -3.37. The van der Waals surface area contributed by atoms with Crippen molar-refractivity contribution >= 4 is 31.6 Å². The van der Waals surface area contributed by atoms with Crippen LogP contribution in [0, 0.1) is 0 Å². The summed E-state index contributed by atoms with van der Waals surface area (Å²) in [6.45, 7) is 9.26. The summed E-state index contributed by atoms with van der Waals surface area (Å²) >= 11 is 0. The van der Waals surface area contributed by atoms with E-state index in [0.29, 0.717) is 0 Å². The molecular weight excluding hydrogens is 378 g/mol. The standard InChI is InChI=1S/C25H21NO2S/c1-18(2)12-13-19(3)29(27,28)21-16-14-20(15-17-21)26-24-10-6-4-8-22(24)23-9-5-7-11-25(23)26/h4-17H,1,3H2,2H3/b13-12-. The van der Waals surface area contributed by atoms with Crippen molar-refractivity contribution in [1.82, 2.24) is 4.57 Å². The van der Waals surface area contributed by atoms with Gasteiger partial charge >= 0.3 is 0 Å². The first-order valence-corrected chi connectivity index (χ1v) is 10.7. The number of hydrogen-bond donors (Lipinski definition) is 0. The van der Waals surface area contributed by atoms with Crippen LogP contribution < -0.4 is 0 Å². The minimum absolute atomic E-state index is 0.0464. The maximum absolute atomic E-state index is 12.8. The first-order valence-electron chi connectivity index (χ1n) is 9.26. The highest BCUT2D eigenvalue weighted by atomic mass is 32.2. The molecule has 0 bridgehead atoms. The van der Waals surface area contributed by atoms with Crippen LogP contribution >= 0.6 is 0 Å². The minimum Gasteiger partial charge on any atom is -0.309 e. The molecule has 4 rings (SSSR count). The molecule has 4 aromatic rings. The van der Waals surface area contributed by atoms with Crippen molar-refractivity contribution in [2.75, 3.05) is 0 Å². The van der Waals surface area contributed by atoms with E-state index >= 15 is 0 Å². The second-order valence-electron chi connectivity index (χ2n) is 7.01. The van der Waals surface area contributed by atoms with Crippen LogP contribution in [0.4, 0.5) is 0 Å². The molecule has 0 saturated carbocycles. The smallest absolute Gasteiger partial charge is 0.206 e. The lowest BCUT2D eigenvalue weighted by Crippen LogP contribution is -2.03. The second-order valence-corrected chi connectivity index (χ2v) is 9.02.